The third-order valence-electron chi connectivity index (χ3n) is 5.96. The number of nitrogens with one attached hydrogen (secondary N) is 1. The molecular formula is C23H26N8O2. The van der Waals surface area contributed by atoms with Crippen LogP contribution in [-0.2, 0) is 11.8 Å². The van der Waals surface area contributed by atoms with Gasteiger partial charge in [-0.15, -0.1) is 5.10 Å². The maximum absolute atomic E-state index is 13.3. The second-order valence-electron chi connectivity index (χ2n) is 8.26. The minimum atomic E-state index is -0.123. The molecule has 170 valence electrons. The third kappa shape index (κ3) is 3.93. The van der Waals surface area contributed by atoms with Crippen LogP contribution in [0.2, 0.25) is 0 Å². The molecule has 0 radical (unpaired) electrons. The van der Waals surface area contributed by atoms with E-state index in [0.29, 0.717) is 43.2 Å². The van der Waals surface area contributed by atoms with E-state index in [4.69, 9.17) is 9.72 Å². The van der Waals surface area contributed by atoms with Crippen molar-refractivity contribution < 1.29 is 4.74 Å². The molecule has 2 aromatic heterocycles. The Balaban J connectivity index is 1.59. The lowest BCUT2D eigenvalue weighted by Gasteiger charge is -2.29. The van der Waals surface area contributed by atoms with Crippen LogP contribution < -0.4 is 15.8 Å². The summed E-state index contributed by atoms with van der Waals surface area (Å²) in [6.45, 7) is 6.74. The van der Waals surface area contributed by atoms with E-state index in [9.17, 15) is 4.79 Å². The largest absolute Gasteiger partial charge is 0.378 e. The smallest absolute Gasteiger partial charge is 0.262 e. The van der Waals surface area contributed by atoms with Crippen molar-refractivity contribution in [2.75, 3.05) is 36.5 Å². The molecule has 5 rings (SSSR count). The van der Waals surface area contributed by atoms with Gasteiger partial charge < -0.3 is 15.0 Å². The molecule has 3 heterocycles. The van der Waals surface area contributed by atoms with Gasteiger partial charge in [-0.1, -0.05) is 18.2 Å². The van der Waals surface area contributed by atoms with Crippen LogP contribution in [0.25, 0.3) is 16.6 Å². The van der Waals surface area contributed by atoms with Gasteiger partial charge in [-0.2, -0.15) is 4.68 Å². The number of ether oxygens (including phenoxy) is 1. The molecule has 33 heavy (non-hydrogen) atoms. The Kier molecular flexibility index (Phi) is 5.51. The number of hydrogen-bond acceptors (Lipinski definition) is 8. The lowest BCUT2D eigenvalue weighted by molar-refractivity contribution is 0.121. The quantitative estimate of drug-likeness (QED) is 0.498. The Morgan fingerprint density at radius 3 is 2.70 bits per heavy atom. The number of nitrogens with zero attached hydrogens (tertiary/aromatic N) is 7. The van der Waals surface area contributed by atoms with E-state index in [1.165, 1.54) is 0 Å². The summed E-state index contributed by atoms with van der Waals surface area (Å²) < 4.78 is 8.74. The highest BCUT2D eigenvalue weighted by atomic mass is 16.5. The van der Waals surface area contributed by atoms with Crippen LogP contribution in [0.1, 0.15) is 24.1 Å². The van der Waals surface area contributed by atoms with E-state index < -0.39 is 0 Å². The zero-order chi connectivity index (χ0) is 22.9. The number of aromatic nitrogens is 6. The van der Waals surface area contributed by atoms with Crippen molar-refractivity contribution in [3.8, 4) is 5.69 Å². The molecule has 2 aromatic carbocycles. The number of tetrazole rings is 1. The van der Waals surface area contributed by atoms with Gasteiger partial charge in [0.1, 0.15) is 6.33 Å². The number of rotatable bonds is 5. The Bertz CT molecular complexity index is 1340. The molecule has 0 aliphatic carbocycles. The maximum atomic E-state index is 13.3. The van der Waals surface area contributed by atoms with Crippen LogP contribution >= 0.6 is 0 Å². The number of benzene rings is 2. The zero-order valence-electron chi connectivity index (χ0n) is 18.9. The number of para-hydroxylation sites is 2. The molecular weight excluding hydrogens is 420 g/mol. The second-order valence-corrected chi connectivity index (χ2v) is 8.26. The summed E-state index contributed by atoms with van der Waals surface area (Å²) in [6, 6.07) is 11.7. The van der Waals surface area contributed by atoms with Crippen molar-refractivity contribution in [3.05, 3.63) is 64.2 Å². The highest BCUT2D eigenvalue weighted by Crippen LogP contribution is 2.29. The van der Waals surface area contributed by atoms with E-state index in [1.807, 2.05) is 37.3 Å². The number of hydrogen-bond donors (Lipinski definition) is 1. The monoisotopic (exact) mass is 446 g/mol. The molecule has 0 saturated carbocycles. The van der Waals surface area contributed by atoms with Gasteiger partial charge in [0.25, 0.3) is 5.56 Å². The fraction of sp³-hybridized carbons (Fsp3) is 0.348. The molecule has 0 spiro atoms. The number of anilines is 2. The Morgan fingerprint density at radius 2 is 1.94 bits per heavy atom. The van der Waals surface area contributed by atoms with Gasteiger partial charge in [0.15, 0.2) is 0 Å². The summed E-state index contributed by atoms with van der Waals surface area (Å²) >= 11 is 0. The molecule has 0 amide bonds. The number of fused-ring (bicyclic) bond motifs is 1. The first-order valence-corrected chi connectivity index (χ1v) is 11.0. The van der Waals surface area contributed by atoms with Crippen molar-refractivity contribution in [2.24, 2.45) is 7.05 Å². The van der Waals surface area contributed by atoms with Crippen LogP contribution in [0.15, 0.2) is 47.5 Å². The van der Waals surface area contributed by atoms with E-state index in [1.54, 1.807) is 22.6 Å². The van der Waals surface area contributed by atoms with Crippen LogP contribution in [0, 0.1) is 6.92 Å². The van der Waals surface area contributed by atoms with Crippen molar-refractivity contribution >= 4 is 22.5 Å². The molecule has 10 heteroatoms. The predicted octanol–water partition coefficient (Wildman–Crippen LogP) is 2.23. The van der Waals surface area contributed by atoms with Crippen LogP contribution in [0.3, 0.4) is 0 Å². The summed E-state index contributed by atoms with van der Waals surface area (Å²) in [7, 11) is 1.78. The number of aryl methyl sites for hydroxylation is 1. The SMILES string of the molecule is Cc1cc([C@H](C)Nc2ccccc2-n2cnnn2)c2nc(N3CCOCC3)n(C)c(=O)c2c1. The van der Waals surface area contributed by atoms with Gasteiger partial charge in [0.05, 0.1) is 41.5 Å². The zero-order valence-corrected chi connectivity index (χ0v) is 18.9. The van der Waals surface area contributed by atoms with Gasteiger partial charge in [-0.05, 0) is 48.0 Å². The minimum absolute atomic E-state index is 0.0484. The van der Waals surface area contributed by atoms with Gasteiger partial charge in [-0.25, -0.2) is 4.98 Å². The summed E-state index contributed by atoms with van der Waals surface area (Å²) in [4.78, 5) is 20.4. The normalized spacial score (nSPS) is 15.1. The average Bonchev–Trinajstić information content (AvgIpc) is 3.37. The van der Waals surface area contributed by atoms with Crippen LogP contribution in [0.5, 0.6) is 0 Å². The van der Waals surface area contributed by atoms with Crippen molar-refractivity contribution in [3.63, 3.8) is 0 Å². The van der Waals surface area contributed by atoms with Crippen molar-refractivity contribution in [2.45, 2.75) is 19.9 Å². The van der Waals surface area contributed by atoms with Crippen LogP contribution in [-0.4, -0.2) is 56.1 Å². The molecule has 1 aliphatic rings. The maximum Gasteiger partial charge on any atom is 0.262 e. The highest BCUT2D eigenvalue weighted by molar-refractivity contribution is 5.84. The summed E-state index contributed by atoms with van der Waals surface area (Å²) in [5.74, 6) is 0.669. The van der Waals surface area contributed by atoms with Crippen molar-refractivity contribution in [1.82, 2.24) is 29.8 Å². The van der Waals surface area contributed by atoms with Crippen LogP contribution in [0.4, 0.5) is 11.6 Å². The van der Waals surface area contributed by atoms with Gasteiger partial charge in [-0.3, -0.25) is 9.36 Å². The second kappa shape index (κ2) is 8.62. The van der Waals surface area contributed by atoms with Crippen molar-refractivity contribution in [1.29, 1.82) is 0 Å². The number of morpholine rings is 1. The average molecular weight is 447 g/mol. The molecule has 0 unspecified atom stereocenters. The first kappa shape index (κ1) is 21.1. The Hall–Kier alpha value is -3.79. The first-order chi connectivity index (χ1) is 16.0. The standard InChI is InChI=1S/C23H26N8O2/c1-15-12-17(16(2)25-19-6-4-5-7-20(19)31-14-24-27-28-31)21-18(13-15)22(32)29(3)23(26-21)30-8-10-33-11-9-30/h4-7,12-14,16,25H,8-11H2,1-3H3/t16-/m0/s1. The lowest BCUT2D eigenvalue weighted by atomic mass is 10.0. The van der Waals surface area contributed by atoms with Gasteiger partial charge in [0.2, 0.25) is 5.95 Å². The Morgan fingerprint density at radius 1 is 1.15 bits per heavy atom. The minimum Gasteiger partial charge on any atom is -0.378 e. The molecule has 1 saturated heterocycles. The third-order valence-corrected chi connectivity index (χ3v) is 5.96. The molecule has 1 fully saturated rings. The lowest BCUT2D eigenvalue weighted by Crippen LogP contribution is -2.40. The topological polar surface area (TPSA) is 103 Å². The molecule has 1 atom stereocenters. The summed E-state index contributed by atoms with van der Waals surface area (Å²) in [5.41, 5.74) is 4.35. The fourth-order valence-corrected chi connectivity index (χ4v) is 4.30. The van der Waals surface area contributed by atoms with E-state index in [2.05, 4.69) is 38.7 Å². The molecule has 10 nitrogen and oxygen atoms in total. The molecule has 1 aliphatic heterocycles. The molecule has 4 aromatic rings. The summed E-state index contributed by atoms with van der Waals surface area (Å²) in [6.07, 6.45) is 1.56. The predicted molar refractivity (Wildman–Crippen MR) is 126 cm³/mol. The van der Waals surface area contributed by atoms with E-state index >= 15 is 0 Å². The van der Waals surface area contributed by atoms with E-state index in [-0.39, 0.29) is 11.6 Å². The highest BCUT2D eigenvalue weighted by Gasteiger charge is 2.21. The van der Waals surface area contributed by atoms with Gasteiger partial charge in [0, 0.05) is 25.7 Å². The summed E-state index contributed by atoms with van der Waals surface area (Å²) in [5, 5.41) is 15.7. The molecule has 1 N–H and O–H groups in total. The Labute approximate surface area is 190 Å². The fourth-order valence-electron chi connectivity index (χ4n) is 4.30. The first-order valence-electron chi connectivity index (χ1n) is 11.0. The van der Waals surface area contributed by atoms with Gasteiger partial charge >= 0.3 is 0 Å². The molecule has 0 bridgehead atoms. The van der Waals surface area contributed by atoms with E-state index in [0.717, 1.165) is 22.5 Å².